The first kappa shape index (κ1) is 53.8. The predicted molar refractivity (Wildman–Crippen MR) is 405 cm³/mol. The van der Waals surface area contributed by atoms with Crippen LogP contribution in [0.1, 0.15) is 142 Å². The zero-order valence-corrected chi connectivity index (χ0v) is 61.5. The quantitative estimate of drug-likeness (QED) is 0.154. The zero-order valence-electron chi connectivity index (χ0n) is 79.5. The van der Waals surface area contributed by atoms with Gasteiger partial charge in [0.15, 0.2) is 37.2 Å². The molecule has 0 N–H and O–H groups in total. The number of rotatable bonds is 6. The van der Waals surface area contributed by atoms with E-state index in [9.17, 15) is 0 Å². The maximum absolute atomic E-state index is 7.58. The minimum absolute atomic E-state index is 0.0530. The van der Waals surface area contributed by atoms with Gasteiger partial charge in [-0.2, -0.15) is 0 Å². The van der Waals surface area contributed by atoms with Crippen LogP contribution in [-0.2, 0) is 42.3 Å². The van der Waals surface area contributed by atoms with Crippen LogP contribution in [0, 0.1) is 145 Å². The minimum Gasteiger partial charge on any atom is -0.264 e. The molecule has 0 atom stereocenters. The fourth-order valence-electron chi connectivity index (χ4n) is 11.6. The van der Waals surface area contributed by atoms with E-state index in [1.54, 1.807) is 86.2 Å². The van der Waals surface area contributed by atoms with Gasteiger partial charge in [-0.25, -0.2) is 27.4 Å². The smallest absolute Gasteiger partial charge is 0.214 e. The Hall–Kier alpha value is -10.2. The van der Waals surface area contributed by atoms with Crippen molar-refractivity contribution in [2.24, 2.45) is 42.3 Å². The Morgan fingerprint density at radius 2 is 0.616 bits per heavy atom. The lowest BCUT2D eigenvalue weighted by Gasteiger charge is -2.09. The van der Waals surface area contributed by atoms with Gasteiger partial charge in [-0.15, -0.1) is 0 Å². The molecule has 0 aliphatic carbocycles. The molecule has 0 aliphatic rings. The molecule has 0 saturated heterocycles. The van der Waals surface area contributed by atoms with Crippen LogP contribution in [-0.4, -0.2) is 29.9 Å². The molecule has 0 amide bonds. The Labute approximate surface area is 617 Å². The third kappa shape index (κ3) is 19.6. The van der Waals surface area contributed by atoms with E-state index in [4.69, 9.17) is 24.7 Å². The van der Waals surface area contributed by atoms with Crippen molar-refractivity contribution in [1.82, 2.24) is 29.9 Å². The van der Waals surface area contributed by atoms with Gasteiger partial charge in [0.05, 0.1) is 50.5 Å². The summed E-state index contributed by atoms with van der Waals surface area (Å²) >= 11 is 0. The summed E-state index contributed by atoms with van der Waals surface area (Å²) in [5.41, 5.74) is 28.3. The van der Waals surface area contributed by atoms with Crippen LogP contribution in [0.5, 0.6) is 0 Å². The SMILES string of the molecule is Cc1cc[n+](C)c(-c2c(C)ccnc2C)c1.[2H]C([2H])([2H])c1c[n+](C)c(-c2c(C)ccnc2C)cc1C.[2H]C([2H])([2H])c1c[n+](C)c(-c2cnccc2C)cc1C.[2H]C([2H])([2H])c1cc(C)c(-c2cc(C)c(C([2H])([2H])[2H])c[n+]2C)cn1.[2H]C([2H])([2H])c1cc(C)c(-c2cc(C)cc[n+]2C)c(C)n1.[2H]C([2H])([2H])c1cc(C)c(-c2cc(C)cc[n+]2C)cn1. The third-order valence-electron chi connectivity index (χ3n) is 17.3. The molecule has 0 aliphatic heterocycles. The summed E-state index contributed by atoms with van der Waals surface area (Å²) in [6, 6.07) is 29.0. The van der Waals surface area contributed by atoms with Crippen LogP contribution < -0.4 is 27.4 Å². The molecule has 12 nitrogen and oxygen atoms in total. The number of aryl methyl sites for hydroxylation is 27. The monoisotopic (exact) mass is 1340 g/mol. The van der Waals surface area contributed by atoms with Gasteiger partial charge in [-0.3, -0.25) is 29.9 Å². The molecule has 0 aromatic carbocycles. The van der Waals surface area contributed by atoms with Crippen molar-refractivity contribution in [1.29, 1.82) is 0 Å². The predicted octanol–water partition coefficient (Wildman–Crippen LogP) is 15.9. The molecule has 510 valence electrons. The van der Waals surface area contributed by atoms with Crippen molar-refractivity contribution in [3.8, 4) is 67.5 Å². The molecule has 12 aromatic rings. The molecule has 99 heavy (non-hydrogen) atoms. The van der Waals surface area contributed by atoms with Gasteiger partial charge in [-0.1, -0.05) is 0 Å². The van der Waals surface area contributed by atoms with Gasteiger partial charge in [0, 0.05) is 150 Å². The summed E-state index contributed by atoms with van der Waals surface area (Å²) in [6.07, 6.45) is 21.4. The second-order valence-electron chi connectivity index (χ2n) is 25.6. The van der Waals surface area contributed by atoms with E-state index in [0.717, 1.165) is 123 Å². The maximum atomic E-state index is 7.58. The van der Waals surface area contributed by atoms with Gasteiger partial charge in [0.1, 0.15) is 42.3 Å². The summed E-state index contributed by atoms with van der Waals surface area (Å²) in [5.74, 6) is 0. The first-order valence-electron chi connectivity index (χ1n) is 41.6. The normalized spacial score (nSPS) is 14.0. The molecule has 12 heterocycles. The Kier molecular flexibility index (Phi) is 18.4. The highest BCUT2D eigenvalue weighted by molar-refractivity contribution is 5.67. The summed E-state index contributed by atoms with van der Waals surface area (Å²) < 4.78 is 147. The van der Waals surface area contributed by atoms with E-state index >= 15 is 0 Å². The van der Waals surface area contributed by atoms with E-state index in [-0.39, 0.29) is 17.1 Å². The molecule has 12 aromatic heterocycles. The Morgan fingerprint density at radius 1 is 0.273 bits per heavy atom. The number of hydrogen-bond donors (Lipinski definition) is 0. The summed E-state index contributed by atoms with van der Waals surface area (Å²) in [4.78, 5) is 25.2. The van der Waals surface area contributed by atoms with E-state index < -0.39 is 41.1 Å². The highest BCUT2D eigenvalue weighted by atomic mass is 15.0. The molecular weight excluding hydrogens is 1210 g/mol. The van der Waals surface area contributed by atoms with Gasteiger partial charge >= 0.3 is 0 Å². The molecule has 0 radical (unpaired) electrons. The fourth-order valence-corrected chi connectivity index (χ4v) is 11.6. The van der Waals surface area contributed by atoms with E-state index in [1.807, 2.05) is 178 Å². The highest BCUT2D eigenvalue weighted by Gasteiger charge is 2.21. The van der Waals surface area contributed by atoms with Crippen LogP contribution in [0.3, 0.4) is 0 Å². The van der Waals surface area contributed by atoms with E-state index in [1.165, 1.54) is 28.6 Å². The lowest BCUT2D eigenvalue weighted by atomic mass is 10.0. The Bertz CT molecular complexity index is 5540. The minimum atomic E-state index is -2.24. The van der Waals surface area contributed by atoms with Crippen molar-refractivity contribution in [2.45, 2.75) is 145 Å². The Balaban J connectivity index is 0.000000194. The summed E-state index contributed by atoms with van der Waals surface area (Å²) in [7, 11) is 11.5. The lowest BCUT2D eigenvalue weighted by molar-refractivity contribution is -0.660. The van der Waals surface area contributed by atoms with Gasteiger partial charge in [-0.05, 0) is 248 Å². The van der Waals surface area contributed by atoms with Crippen molar-refractivity contribution >= 4 is 0 Å². The van der Waals surface area contributed by atoms with E-state index in [0.29, 0.717) is 22.3 Å². The lowest BCUT2D eigenvalue weighted by Crippen LogP contribution is -2.32. The highest BCUT2D eigenvalue weighted by Crippen LogP contribution is 2.28. The fraction of sp³-hybridized carbons (Fsp3) is 0.310. The molecule has 12 rings (SSSR count). The van der Waals surface area contributed by atoms with Crippen molar-refractivity contribution in [3.05, 3.63) is 283 Å². The molecule has 0 bridgehead atoms. The number of pyridine rings is 12. The van der Waals surface area contributed by atoms with E-state index in [2.05, 4.69) is 98.8 Å². The van der Waals surface area contributed by atoms with Gasteiger partial charge < -0.3 is 0 Å². The van der Waals surface area contributed by atoms with Crippen molar-refractivity contribution in [2.75, 3.05) is 0 Å². The maximum Gasteiger partial charge on any atom is 0.214 e. The molecule has 0 unspecified atom stereocenters. The second-order valence-corrected chi connectivity index (χ2v) is 25.6. The van der Waals surface area contributed by atoms with Crippen molar-refractivity contribution < 1.29 is 52.1 Å². The largest absolute Gasteiger partial charge is 0.264 e. The third-order valence-corrected chi connectivity index (χ3v) is 17.3. The number of hydrogen-bond acceptors (Lipinski definition) is 6. The molecule has 0 fully saturated rings. The van der Waals surface area contributed by atoms with Crippen molar-refractivity contribution in [3.63, 3.8) is 0 Å². The number of aromatic nitrogens is 12. The molecule has 0 spiro atoms. The standard InChI is InChI=1S/3C15H19N2.3C14H17N2/c1-10-7-15(17(5)9-12(10)3)14-8-16-13(4)6-11(14)2;1-10-6-7-16-13(4)15(10)14-8-11(2)12(3)9-17(14)5;1-10-6-7-17(5)14(8-10)15-11(2)9-12(3)16-13(15)4;1-10-6-8-16(4)13(9-10)14-11(2)5-7-15-12(14)3;1-10-5-6-15-8-13(10)14-7-11(2)12(3)9-16(14)4;1-10-5-6-16(4)14(7-10)13-9-15-12(3)8-11(13)2/h3*6-9H,1-5H3;3*5-9H,1-4H3/q6*+1/i3D3,4D3;2*3D3;;2*3D3. The second kappa shape index (κ2) is 33.8. The van der Waals surface area contributed by atoms with Crippen LogP contribution >= 0.6 is 0 Å². The van der Waals surface area contributed by atoms with Crippen LogP contribution in [0.4, 0.5) is 0 Å². The Morgan fingerprint density at radius 3 is 1.00 bits per heavy atom. The average molecular weight is 1340 g/mol. The van der Waals surface area contributed by atoms with Gasteiger partial charge in [0.2, 0.25) is 34.2 Å². The topological polar surface area (TPSA) is 101 Å². The average Bonchev–Trinajstić information content (AvgIpc) is 0.778. The molecular formula is C87H108N12+6. The molecule has 12 heteroatoms. The zero-order chi connectivity index (χ0) is 87.9. The number of nitrogens with zero attached hydrogens (tertiary/aromatic N) is 12. The van der Waals surface area contributed by atoms with Crippen LogP contribution in [0.2, 0.25) is 0 Å². The molecule has 0 saturated carbocycles. The first-order chi connectivity index (χ1) is 54.0. The van der Waals surface area contributed by atoms with Crippen LogP contribution in [0.25, 0.3) is 67.5 Å². The summed E-state index contributed by atoms with van der Waals surface area (Å²) in [5, 5.41) is 0. The van der Waals surface area contributed by atoms with Gasteiger partial charge in [0.25, 0.3) is 0 Å². The summed E-state index contributed by atoms with van der Waals surface area (Å²) in [6.45, 7) is 16.5. The van der Waals surface area contributed by atoms with Crippen LogP contribution in [0.15, 0.2) is 165 Å². The first-order valence-corrected chi connectivity index (χ1v) is 32.6.